The van der Waals surface area contributed by atoms with Crippen molar-refractivity contribution in [1.29, 1.82) is 0 Å². The van der Waals surface area contributed by atoms with Gasteiger partial charge in [0.2, 0.25) is 0 Å². The molecule has 0 fully saturated rings. The molecule has 104 valence electrons. The van der Waals surface area contributed by atoms with Crippen molar-refractivity contribution in [3.63, 3.8) is 0 Å². The van der Waals surface area contributed by atoms with Gasteiger partial charge in [0.05, 0.1) is 16.7 Å². The van der Waals surface area contributed by atoms with Crippen LogP contribution >= 0.6 is 0 Å². The summed E-state index contributed by atoms with van der Waals surface area (Å²) < 4.78 is 26.4. The van der Waals surface area contributed by atoms with Gasteiger partial charge in [-0.2, -0.15) is 0 Å². The monoisotopic (exact) mass is 279 g/mol. The fourth-order valence-electron chi connectivity index (χ4n) is 1.67. The lowest BCUT2D eigenvalue weighted by Gasteiger charge is -2.09. The molecule has 0 aliphatic heterocycles. The van der Waals surface area contributed by atoms with E-state index in [1.54, 1.807) is 12.1 Å². The molecule has 0 atom stereocenters. The zero-order valence-corrected chi connectivity index (χ0v) is 10.3. The number of anilines is 2. The first-order valence-corrected chi connectivity index (χ1v) is 5.69. The Bertz CT molecular complexity index is 645. The number of hydrogen-bond donors (Lipinski definition) is 2. The van der Waals surface area contributed by atoms with Gasteiger partial charge in [0.15, 0.2) is 5.82 Å². The lowest BCUT2D eigenvalue weighted by molar-refractivity contribution is -0.384. The van der Waals surface area contributed by atoms with E-state index in [2.05, 4.69) is 5.32 Å². The Hall–Kier alpha value is -2.70. The Morgan fingerprint density at radius 1 is 1.20 bits per heavy atom. The van der Waals surface area contributed by atoms with Crippen molar-refractivity contribution in [3.8, 4) is 0 Å². The molecule has 5 nitrogen and oxygen atoms in total. The maximum Gasteiger partial charge on any atom is 0.295 e. The quantitative estimate of drug-likeness (QED) is 0.512. The second-order valence-corrected chi connectivity index (χ2v) is 4.13. The number of hydrogen-bond acceptors (Lipinski definition) is 4. The third-order valence-corrected chi connectivity index (χ3v) is 2.71. The normalized spacial score (nSPS) is 10.3. The zero-order valence-electron chi connectivity index (χ0n) is 10.3. The molecule has 0 saturated carbocycles. The second-order valence-electron chi connectivity index (χ2n) is 4.13. The van der Waals surface area contributed by atoms with Crippen molar-refractivity contribution in [2.24, 2.45) is 0 Å². The fraction of sp³-hybridized carbons (Fsp3) is 0.0769. The maximum atomic E-state index is 13.7. The van der Waals surface area contributed by atoms with E-state index in [0.29, 0.717) is 0 Å². The Kier molecular flexibility index (Phi) is 3.79. The van der Waals surface area contributed by atoms with E-state index in [1.165, 1.54) is 12.1 Å². The van der Waals surface area contributed by atoms with Crippen LogP contribution in [-0.4, -0.2) is 4.92 Å². The standard InChI is InChI=1S/C13H11F2N3O2/c14-9-3-1-8(2-4-9)7-17-12-6-11(16)13(18(19)20)5-10(12)15/h1-6,17H,7,16H2. The molecular weight excluding hydrogens is 268 g/mol. The van der Waals surface area contributed by atoms with Crippen LogP contribution in [0.5, 0.6) is 0 Å². The minimum absolute atomic E-state index is 0.0532. The average Bonchev–Trinajstić information content (AvgIpc) is 2.41. The first-order chi connectivity index (χ1) is 9.47. The third kappa shape index (κ3) is 3.00. The Morgan fingerprint density at radius 2 is 1.85 bits per heavy atom. The average molecular weight is 279 g/mol. The lowest BCUT2D eigenvalue weighted by Crippen LogP contribution is -2.04. The highest BCUT2D eigenvalue weighted by molar-refractivity contribution is 5.66. The molecular formula is C13H11F2N3O2. The highest BCUT2D eigenvalue weighted by Gasteiger charge is 2.16. The van der Waals surface area contributed by atoms with Crippen LogP contribution < -0.4 is 11.1 Å². The number of nitro groups is 1. The Balaban J connectivity index is 2.16. The van der Waals surface area contributed by atoms with Crippen molar-refractivity contribution < 1.29 is 13.7 Å². The van der Waals surface area contributed by atoms with Crippen LogP contribution in [0.15, 0.2) is 36.4 Å². The van der Waals surface area contributed by atoms with Gasteiger partial charge < -0.3 is 11.1 Å². The van der Waals surface area contributed by atoms with Crippen molar-refractivity contribution in [2.45, 2.75) is 6.54 Å². The summed E-state index contributed by atoms with van der Waals surface area (Å²) in [7, 11) is 0. The number of rotatable bonds is 4. The summed E-state index contributed by atoms with van der Waals surface area (Å²) in [5.41, 5.74) is 5.67. The number of nitrogens with two attached hydrogens (primary N) is 1. The van der Waals surface area contributed by atoms with Crippen LogP contribution in [0.3, 0.4) is 0 Å². The summed E-state index contributed by atoms with van der Waals surface area (Å²) in [5.74, 6) is -1.13. The molecule has 0 aromatic heterocycles. The molecule has 0 bridgehead atoms. The van der Waals surface area contributed by atoms with Crippen molar-refractivity contribution in [3.05, 3.63) is 63.7 Å². The molecule has 3 N–H and O–H groups in total. The van der Waals surface area contributed by atoms with E-state index in [1.807, 2.05) is 0 Å². The van der Waals surface area contributed by atoms with Crippen LogP contribution in [0.4, 0.5) is 25.8 Å². The number of nitrogens with zero attached hydrogens (tertiary/aromatic N) is 1. The van der Waals surface area contributed by atoms with Crippen LogP contribution in [-0.2, 0) is 6.54 Å². The number of nitro benzene ring substituents is 1. The summed E-state index contributed by atoms with van der Waals surface area (Å²) in [6.45, 7) is 0.244. The van der Waals surface area contributed by atoms with E-state index < -0.39 is 16.4 Å². The molecule has 7 heteroatoms. The van der Waals surface area contributed by atoms with Crippen molar-refractivity contribution in [2.75, 3.05) is 11.1 Å². The fourth-order valence-corrected chi connectivity index (χ4v) is 1.67. The largest absolute Gasteiger partial charge is 0.393 e. The number of benzene rings is 2. The van der Waals surface area contributed by atoms with E-state index in [4.69, 9.17) is 5.73 Å². The van der Waals surface area contributed by atoms with E-state index in [0.717, 1.165) is 17.7 Å². The SMILES string of the molecule is Nc1cc(NCc2ccc(F)cc2)c(F)cc1[N+](=O)[O-]. The van der Waals surface area contributed by atoms with Crippen LogP contribution in [0.25, 0.3) is 0 Å². The topological polar surface area (TPSA) is 81.2 Å². The highest BCUT2D eigenvalue weighted by atomic mass is 19.1. The van der Waals surface area contributed by atoms with Gasteiger partial charge in [-0.25, -0.2) is 8.78 Å². The van der Waals surface area contributed by atoms with Crippen LogP contribution in [0.1, 0.15) is 5.56 Å². The summed E-state index contributed by atoms with van der Waals surface area (Å²) in [4.78, 5) is 9.85. The van der Waals surface area contributed by atoms with Gasteiger partial charge in [0.1, 0.15) is 11.5 Å². The number of halogens is 2. The molecule has 20 heavy (non-hydrogen) atoms. The van der Waals surface area contributed by atoms with Gasteiger partial charge >= 0.3 is 0 Å². The van der Waals surface area contributed by atoms with E-state index in [9.17, 15) is 18.9 Å². The highest BCUT2D eigenvalue weighted by Crippen LogP contribution is 2.28. The molecule has 0 heterocycles. The first-order valence-electron chi connectivity index (χ1n) is 5.69. The van der Waals surface area contributed by atoms with Gasteiger partial charge in [-0.3, -0.25) is 10.1 Å². The van der Waals surface area contributed by atoms with Crippen LogP contribution in [0, 0.1) is 21.7 Å². The molecule has 0 radical (unpaired) electrons. The molecule has 2 aromatic carbocycles. The summed E-state index contributed by atoms with van der Waals surface area (Å²) in [5, 5.41) is 13.4. The summed E-state index contributed by atoms with van der Waals surface area (Å²) in [6, 6.07) is 7.61. The predicted molar refractivity (Wildman–Crippen MR) is 71.2 cm³/mol. The van der Waals surface area contributed by atoms with Crippen LogP contribution in [0.2, 0.25) is 0 Å². The third-order valence-electron chi connectivity index (χ3n) is 2.71. The van der Waals surface area contributed by atoms with Crippen molar-refractivity contribution >= 4 is 17.1 Å². The van der Waals surface area contributed by atoms with Gasteiger partial charge in [0, 0.05) is 6.54 Å². The number of nitrogen functional groups attached to an aromatic ring is 1. The smallest absolute Gasteiger partial charge is 0.295 e. The summed E-state index contributed by atoms with van der Waals surface area (Å²) in [6.07, 6.45) is 0. The van der Waals surface area contributed by atoms with Gasteiger partial charge in [-0.15, -0.1) is 0 Å². The molecule has 0 saturated heterocycles. The predicted octanol–water partition coefficient (Wildman–Crippen LogP) is 3.07. The lowest BCUT2D eigenvalue weighted by atomic mass is 10.2. The zero-order chi connectivity index (χ0) is 14.7. The molecule has 0 aliphatic rings. The molecule has 0 aliphatic carbocycles. The number of nitrogens with one attached hydrogen (secondary N) is 1. The minimum atomic E-state index is -0.770. The second kappa shape index (κ2) is 5.52. The Morgan fingerprint density at radius 3 is 2.45 bits per heavy atom. The molecule has 2 rings (SSSR count). The maximum absolute atomic E-state index is 13.7. The molecule has 0 spiro atoms. The molecule has 0 amide bonds. The van der Waals surface area contributed by atoms with Gasteiger partial charge in [-0.05, 0) is 23.8 Å². The summed E-state index contributed by atoms with van der Waals surface area (Å²) >= 11 is 0. The Labute approximate surface area is 113 Å². The van der Waals surface area contributed by atoms with E-state index >= 15 is 0 Å². The molecule has 0 unspecified atom stereocenters. The van der Waals surface area contributed by atoms with E-state index in [-0.39, 0.29) is 23.7 Å². The van der Waals surface area contributed by atoms with Gasteiger partial charge in [-0.1, -0.05) is 12.1 Å². The van der Waals surface area contributed by atoms with Gasteiger partial charge in [0.25, 0.3) is 5.69 Å². The van der Waals surface area contributed by atoms with Crippen molar-refractivity contribution in [1.82, 2.24) is 0 Å². The minimum Gasteiger partial charge on any atom is -0.393 e. The first kappa shape index (κ1) is 13.7. The molecule has 2 aromatic rings.